The number of carbonyl (C=O) groups is 4. The molecule has 5 N–H and O–H groups in total. The van der Waals surface area contributed by atoms with Crippen molar-refractivity contribution < 1.29 is 45.9 Å². The van der Waals surface area contributed by atoms with Crippen LogP contribution in [0.3, 0.4) is 0 Å². The van der Waals surface area contributed by atoms with Crippen molar-refractivity contribution in [1.82, 2.24) is 10.6 Å². The van der Waals surface area contributed by atoms with Crippen molar-refractivity contribution in [2.24, 2.45) is 11.7 Å². The standard InChI is InChI=1S/C27H31F5N4O5.ClH/c1-14(2)11-20(36-27(40)26(39)34-18-8-4-3-7-15(18)28)25(38)35-19(9-5-6-10-33)21(37)13-41-24-22(31)16(29)12-17(30)23(24)32;/h3-4,7-8,12,14,19-20H,5-6,9-11,13,33H2,1-2H3,(H,34,39)(H,35,38)(H,36,40);1H/t19-,20-;/m0./s1. The molecule has 2 rings (SSSR count). The first-order valence-electron chi connectivity index (χ1n) is 12.7. The number of ether oxygens (including phenoxy) is 1. The number of Topliss-reactive ketones (excluding diaryl/α,β-unsaturated/α-hetero) is 1. The van der Waals surface area contributed by atoms with Gasteiger partial charge in [0.05, 0.1) is 11.7 Å². The molecule has 0 heterocycles. The lowest BCUT2D eigenvalue weighted by atomic mass is 10.0. The van der Waals surface area contributed by atoms with Gasteiger partial charge in [0, 0.05) is 6.07 Å². The van der Waals surface area contributed by atoms with Gasteiger partial charge < -0.3 is 26.4 Å². The summed E-state index contributed by atoms with van der Waals surface area (Å²) in [4.78, 5) is 50.8. The molecule has 2 atom stereocenters. The lowest BCUT2D eigenvalue weighted by Crippen LogP contribution is -2.54. The van der Waals surface area contributed by atoms with Crippen molar-refractivity contribution in [2.45, 2.75) is 51.6 Å². The molecule has 42 heavy (non-hydrogen) atoms. The quantitative estimate of drug-likeness (QED) is 0.110. The van der Waals surface area contributed by atoms with Gasteiger partial charge in [-0.2, -0.15) is 8.78 Å². The third-order valence-electron chi connectivity index (χ3n) is 5.74. The van der Waals surface area contributed by atoms with Gasteiger partial charge in [-0.1, -0.05) is 26.0 Å². The minimum absolute atomic E-state index is 0. The van der Waals surface area contributed by atoms with Gasteiger partial charge >= 0.3 is 11.8 Å². The highest BCUT2D eigenvalue weighted by molar-refractivity contribution is 6.40. The molecule has 0 unspecified atom stereocenters. The first kappa shape index (κ1) is 36.2. The van der Waals surface area contributed by atoms with E-state index in [0.717, 1.165) is 6.07 Å². The highest BCUT2D eigenvalue weighted by Crippen LogP contribution is 2.26. The van der Waals surface area contributed by atoms with E-state index in [1.165, 1.54) is 18.2 Å². The van der Waals surface area contributed by atoms with Crippen LogP contribution < -0.4 is 26.4 Å². The highest BCUT2D eigenvalue weighted by Gasteiger charge is 2.30. The smallest absolute Gasteiger partial charge is 0.313 e. The highest BCUT2D eigenvalue weighted by atomic mass is 35.5. The van der Waals surface area contributed by atoms with Crippen LogP contribution in [0.2, 0.25) is 0 Å². The van der Waals surface area contributed by atoms with Gasteiger partial charge in [-0.3, -0.25) is 19.2 Å². The summed E-state index contributed by atoms with van der Waals surface area (Å²) in [6.07, 6.45) is 0.811. The van der Waals surface area contributed by atoms with E-state index in [1.807, 2.05) is 0 Å². The Labute approximate surface area is 245 Å². The van der Waals surface area contributed by atoms with Crippen LogP contribution in [0.15, 0.2) is 30.3 Å². The van der Waals surface area contributed by atoms with Crippen molar-refractivity contribution >= 4 is 41.6 Å². The zero-order chi connectivity index (χ0) is 30.7. The minimum Gasteiger partial charge on any atom is -0.479 e. The van der Waals surface area contributed by atoms with Crippen LogP contribution in [0.5, 0.6) is 5.75 Å². The van der Waals surface area contributed by atoms with Gasteiger partial charge in [0.1, 0.15) is 18.5 Å². The molecule has 2 aromatic rings. The number of unbranched alkanes of at least 4 members (excludes halogenated alkanes) is 1. The second-order valence-electron chi connectivity index (χ2n) is 9.49. The van der Waals surface area contributed by atoms with Gasteiger partial charge in [0.2, 0.25) is 17.5 Å². The Morgan fingerprint density at radius 3 is 2.05 bits per heavy atom. The topological polar surface area (TPSA) is 140 Å². The third-order valence-corrected chi connectivity index (χ3v) is 5.74. The molecule has 0 saturated heterocycles. The van der Waals surface area contributed by atoms with Crippen LogP contribution >= 0.6 is 12.4 Å². The Kier molecular flexibility index (Phi) is 14.9. The van der Waals surface area contributed by atoms with E-state index in [0.29, 0.717) is 12.8 Å². The van der Waals surface area contributed by atoms with E-state index in [2.05, 4.69) is 16.0 Å². The number of benzene rings is 2. The molecule has 0 radical (unpaired) electrons. The molecule has 232 valence electrons. The molecule has 2 aromatic carbocycles. The fourth-order valence-corrected chi connectivity index (χ4v) is 3.67. The summed E-state index contributed by atoms with van der Waals surface area (Å²) in [6.45, 7) is 2.65. The summed E-state index contributed by atoms with van der Waals surface area (Å²) < 4.78 is 73.4. The van der Waals surface area contributed by atoms with E-state index in [-0.39, 0.29) is 49.5 Å². The average molecular weight is 623 g/mol. The summed E-state index contributed by atoms with van der Waals surface area (Å²) in [7, 11) is 0. The van der Waals surface area contributed by atoms with Crippen LogP contribution in [0.4, 0.5) is 27.6 Å². The van der Waals surface area contributed by atoms with Crippen LogP contribution in [0, 0.1) is 35.0 Å². The van der Waals surface area contributed by atoms with E-state index in [1.54, 1.807) is 13.8 Å². The summed E-state index contributed by atoms with van der Waals surface area (Å²) in [6, 6.07) is 2.48. The third kappa shape index (κ3) is 10.6. The molecular weight excluding hydrogens is 591 g/mol. The van der Waals surface area contributed by atoms with Crippen LogP contribution in [0.1, 0.15) is 39.5 Å². The monoisotopic (exact) mass is 622 g/mol. The number of carbonyl (C=O) groups excluding carboxylic acids is 4. The Morgan fingerprint density at radius 1 is 0.857 bits per heavy atom. The zero-order valence-electron chi connectivity index (χ0n) is 22.8. The fraction of sp³-hybridized carbons (Fsp3) is 0.407. The molecule has 0 saturated carbocycles. The number of nitrogens with two attached hydrogens (primary N) is 1. The number of nitrogens with one attached hydrogen (secondary N) is 3. The number of ketones is 1. The van der Waals surface area contributed by atoms with Crippen molar-refractivity contribution in [3.63, 3.8) is 0 Å². The summed E-state index contributed by atoms with van der Waals surface area (Å²) >= 11 is 0. The lowest BCUT2D eigenvalue weighted by Gasteiger charge is -2.24. The van der Waals surface area contributed by atoms with E-state index < -0.39 is 77.0 Å². The second-order valence-corrected chi connectivity index (χ2v) is 9.49. The number of halogens is 6. The van der Waals surface area contributed by atoms with Gasteiger partial charge in [-0.15, -0.1) is 12.4 Å². The number of hydrogen-bond donors (Lipinski definition) is 4. The van der Waals surface area contributed by atoms with Gasteiger partial charge in [0.25, 0.3) is 0 Å². The zero-order valence-corrected chi connectivity index (χ0v) is 23.6. The van der Waals surface area contributed by atoms with Crippen LogP contribution in [-0.4, -0.2) is 48.7 Å². The van der Waals surface area contributed by atoms with Crippen molar-refractivity contribution in [2.75, 3.05) is 18.5 Å². The van der Waals surface area contributed by atoms with Crippen LogP contribution in [-0.2, 0) is 19.2 Å². The maximum absolute atomic E-state index is 13.9. The van der Waals surface area contributed by atoms with Gasteiger partial charge in [-0.05, 0) is 50.3 Å². The van der Waals surface area contributed by atoms with E-state index in [9.17, 15) is 41.1 Å². The average Bonchev–Trinajstić information content (AvgIpc) is 2.91. The Hall–Kier alpha value is -3.78. The predicted octanol–water partition coefficient (Wildman–Crippen LogP) is 3.54. The molecule has 15 heteroatoms. The number of anilines is 1. The van der Waals surface area contributed by atoms with E-state index >= 15 is 0 Å². The van der Waals surface area contributed by atoms with E-state index in [4.69, 9.17) is 10.5 Å². The van der Waals surface area contributed by atoms with Gasteiger partial charge in [0.15, 0.2) is 23.2 Å². The molecule has 3 amide bonds. The first-order chi connectivity index (χ1) is 19.3. The molecule has 0 fully saturated rings. The number of hydrogen-bond acceptors (Lipinski definition) is 6. The Morgan fingerprint density at radius 2 is 1.48 bits per heavy atom. The second kappa shape index (κ2) is 17.2. The molecule has 0 aliphatic carbocycles. The molecule has 0 aliphatic rings. The van der Waals surface area contributed by atoms with Crippen molar-refractivity contribution in [3.05, 3.63) is 59.4 Å². The maximum Gasteiger partial charge on any atom is 0.313 e. The molecule has 0 aliphatic heterocycles. The maximum atomic E-state index is 13.9. The molecule has 0 bridgehead atoms. The van der Waals surface area contributed by atoms with Crippen molar-refractivity contribution in [3.8, 4) is 5.75 Å². The SMILES string of the molecule is CC(C)C[C@H](NC(=O)C(=O)Nc1ccccc1F)C(=O)N[C@@H](CCCCN)C(=O)COc1c(F)c(F)cc(F)c1F.Cl. The lowest BCUT2D eigenvalue weighted by molar-refractivity contribution is -0.138. The predicted molar refractivity (Wildman–Crippen MR) is 145 cm³/mol. The first-order valence-corrected chi connectivity index (χ1v) is 12.7. The van der Waals surface area contributed by atoms with Crippen molar-refractivity contribution in [1.29, 1.82) is 0 Å². The van der Waals surface area contributed by atoms with Gasteiger partial charge in [-0.25, -0.2) is 13.2 Å². The largest absolute Gasteiger partial charge is 0.479 e. The Bertz CT molecular complexity index is 1240. The Balaban J connectivity index is 0.00000882. The number of rotatable bonds is 14. The molecule has 9 nitrogen and oxygen atoms in total. The summed E-state index contributed by atoms with van der Waals surface area (Å²) in [5.74, 6) is -13.8. The number of amides is 3. The summed E-state index contributed by atoms with van der Waals surface area (Å²) in [5.41, 5.74) is 5.22. The summed E-state index contributed by atoms with van der Waals surface area (Å²) in [5, 5.41) is 6.77. The normalized spacial score (nSPS) is 12.1. The minimum atomic E-state index is -1.84. The van der Waals surface area contributed by atoms with Crippen LogP contribution in [0.25, 0.3) is 0 Å². The molecular formula is C27H32ClF5N4O5. The fourth-order valence-electron chi connectivity index (χ4n) is 3.67. The molecule has 0 spiro atoms. The number of para-hydroxylation sites is 1. The molecule has 0 aromatic heterocycles.